The Kier molecular flexibility index (Phi) is 5.41. The normalized spacial score (nSPS) is 16.2. The maximum absolute atomic E-state index is 12.1. The summed E-state index contributed by atoms with van der Waals surface area (Å²) in [5.41, 5.74) is 0.780. The van der Waals surface area contributed by atoms with Crippen LogP contribution in [-0.2, 0) is 19.4 Å². The van der Waals surface area contributed by atoms with E-state index >= 15 is 0 Å². The molecular formula is C16H22N2O4S. The van der Waals surface area contributed by atoms with Crippen LogP contribution in [-0.4, -0.2) is 44.5 Å². The molecule has 1 saturated heterocycles. The van der Waals surface area contributed by atoms with E-state index in [0.717, 1.165) is 24.7 Å². The summed E-state index contributed by atoms with van der Waals surface area (Å²) in [5.74, 6) is -1.10. The molecule has 0 aromatic heterocycles. The van der Waals surface area contributed by atoms with Gasteiger partial charge in [0.25, 0.3) is 0 Å². The molecule has 0 radical (unpaired) electrons. The van der Waals surface area contributed by atoms with Gasteiger partial charge >= 0.3 is 11.8 Å². The van der Waals surface area contributed by atoms with E-state index in [0.29, 0.717) is 19.5 Å². The Labute approximate surface area is 136 Å². The number of carbonyl (C=O) groups is 2. The lowest BCUT2D eigenvalue weighted by atomic mass is 10.0. The number of nitrogens with zero attached hydrogens (tertiary/aromatic N) is 1. The van der Waals surface area contributed by atoms with Gasteiger partial charge in [0, 0.05) is 19.3 Å². The summed E-state index contributed by atoms with van der Waals surface area (Å²) in [6.45, 7) is 3.16. The lowest BCUT2D eigenvalue weighted by molar-refractivity contribution is -0.145. The summed E-state index contributed by atoms with van der Waals surface area (Å²) >= 11 is 0. The fourth-order valence-corrected chi connectivity index (χ4v) is 3.28. The fourth-order valence-electron chi connectivity index (χ4n) is 2.65. The van der Waals surface area contributed by atoms with Gasteiger partial charge in [-0.3, -0.25) is 9.59 Å². The van der Waals surface area contributed by atoms with E-state index in [-0.39, 0.29) is 10.9 Å². The highest BCUT2D eigenvalue weighted by Crippen LogP contribution is 2.19. The van der Waals surface area contributed by atoms with Crippen LogP contribution >= 0.6 is 0 Å². The number of sulfone groups is 1. The van der Waals surface area contributed by atoms with E-state index in [1.807, 2.05) is 6.92 Å². The molecule has 1 N–H and O–H groups in total. The molecule has 2 amide bonds. The van der Waals surface area contributed by atoms with Gasteiger partial charge in [0.15, 0.2) is 9.84 Å². The third kappa shape index (κ3) is 4.31. The van der Waals surface area contributed by atoms with Gasteiger partial charge in [-0.1, -0.05) is 19.1 Å². The number of rotatable bonds is 4. The first-order chi connectivity index (χ1) is 10.8. The number of hydrogen-bond acceptors (Lipinski definition) is 4. The maximum Gasteiger partial charge on any atom is 0.311 e. The highest BCUT2D eigenvalue weighted by molar-refractivity contribution is 7.90. The van der Waals surface area contributed by atoms with Crippen LogP contribution in [0.25, 0.3) is 0 Å². The van der Waals surface area contributed by atoms with Crippen LogP contribution in [0.3, 0.4) is 0 Å². The largest absolute Gasteiger partial charge is 0.341 e. The molecule has 0 aliphatic carbocycles. The Bertz CT molecular complexity index is 677. The molecule has 23 heavy (non-hydrogen) atoms. The van der Waals surface area contributed by atoms with Gasteiger partial charge in [-0.2, -0.15) is 0 Å². The van der Waals surface area contributed by atoms with Crippen LogP contribution in [0.15, 0.2) is 29.2 Å². The molecule has 1 aliphatic heterocycles. The topological polar surface area (TPSA) is 83.6 Å². The van der Waals surface area contributed by atoms with Gasteiger partial charge in [0.2, 0.25) is 0 Å². The standard InChI is InChI=1S/C16H22N2O4S/c1-3-14(12-6-8-13(9-7-12)23(2,21)22)17-15(19)16(20)18-10-4-5-11-18/h6-9,14H,3-5,10-11H2,1-2H3,(H,17,19). The Hall–Kier alpha value is -1.89. The van der Waals surface area contributed by atoms with Crippen molar-refractivity contribution in [3.63, 3.8) is 0 Å². The molecule has 6 nitrogen and oxygen atoms in total. The van der Waals surface area contributed by atoms with Gasteiger partial charge in [-0.25, -0.2) is 8.42 Å². The summed E-state index contributed by atoms with van der Waals surface area (Å²) in [6, 6.07) is 6.06. The minimum Gasteiger partial charge on any atom is -0.341 e. The first-order valence-electron chi connectivity index (χ1n) is 7.72. The van der Waals surface area contributed by atoms with Crippen molar-refractivity contribution < 1.29 is 18.0 Å². The van der Waals surface area contributed by atoms with Crippen molar-refractivity contribution in [1.29, 1.82) is 0 Å². The molecule has 1 atom stereocenters. The summed E-state index contributed by atoms with van der Waals surface area (Å²) in [7, 11) is -3.25. The first-order valence-corrected chi connectivity index (χ1v) is 9.62. The van der Waals surface area contributed by atoms with Crippen molar-refractivity contribution in [2.24, 2.45) is 0 Å². The third-order valence-corrected chi connectivity index (χ3v) is 5.14. The van der Waals surface area contributed by atoms with Crippen molar-refractivity contribution in [2.75, 3.05) is 19.3 Å². The van der Waals surface area contributed by atoms with Crippen molar-refractivity contribution in [1.82, 2.24) is 10.2 Å². The number of likely N-dealkylation sites (tertiary alicyclic amines) is 1. The van der Waals surface area contributed by atoms with Crippen LogP contribution in [0.1, 0.15) is 37.8 Å². The Morgan fingerprint density at radius 2 is 1.74 bits per heavy atom. The van der Waals surface area contributed by atoms with Crippen molar-refractivity contribution in [2.45, 2.75) is 37.1 Å². The highest BCUT2D eigenvalue weighted by Gasteiger charge is 2.26. The van der Waals surface area contributed by atoms with Crippen molar-refractivity contribution in [3.8, 4) is 0 Å². The predicted octanol–water partition coefficient (Wildman–Crippen LogP) is 1.28. The molecule has 1 aromatic rings. The quantitative estimate of drug-likeness (QED) is 0.838. The van der Waals surface area contributed by atoms with Crippen LogP contribution in [0.4, 0.5) is 0 Å². The molecule has 1 fully saturated rings. The van der Waals surface area contributed by atoms with Gasteiger partial charge in [0.1, 0.15) is 0 Å². The molecule has 1 aromatic carbocycles. The molecular weight excluding hydrogens is 316 g/mol. The summed E-state index contributed by atoms with van der Waals surface area (Å²) in [6.07, 6.45) is 3.62. The minimum absolute atomic E-state index is 0.232. The van der Waals surface area contributed by atoms with Crippen molar-refractivity contribution in [3.05, 3.63) is 29.8 Å². The minimum atomic E-state index is -3.25. The van der Waals surface area contributed by atoms with E-state index in [4.69, 9.17) is 0 Å². The summed E-state index contributed by atoms with van der Waals surface area (Å²) in [4.78, 5) is 25.9. The van der Waals surface area contributed by atoms with Crippen LogP contribution in [0.2, 0.25) is 0 Å². The number of hydrogen-bond donors (Lipinski definition) is 1. The lowest BCUT2D eigenvalue weighted by Gasteiger charge is -2.20. The van der Waals surface area contributed by atoms with Gasteiger partial charge in [-0.15, -0.1) is 0 Å². The second kappa shape index (κ2) is 7.12. The molecule has 126 valence electrons. The Morgan fingerprint density at radius 1 is 1.17 bits per heavy atom. The molecule has 1 unspecified atom stereocenters. The lowest BCUT2D eigenvalue weighted by Crippen LogP contribution is -2.42. The van der Waals surface area contributed by atoms with E-state index < -0.39 is 21.7 Å². The Morgan fingerprint density at radius 3 is 2.22 bits per heavy atom. The zero-order valence-corrected chi connectivity index (χ0v) is 14.2. The summed E-state index contributed by atoms with van der Waals surface area (Å²) in [5, 5.41) is 2.74. The van der Waals surface area contributed by atoms with Crippen molar-refractivity contribution >= 4 is 21.7 Å². The van der Waals surface area contributed by atoms with E-state index in [2.05, 4.69) is 5.32 Å². The maximum atomic E-state index is 12.1. The van der Waals surface area contributed by atoms with Gasteiger partial charge in [0.05, 0.1) is 10.9 Å². The first kappa shape index (κ1) is 17.5. The number of benzene rings is 1. The molecule has 0 saturated carbocycles. The van der Waals surface area contributed by atoms with Gasteiger partial charge < -0.3 is 10.2 Å². The van der Waals surface area contributed by atoms with Gasteiger partial charge in [-0.05, 0) is 37.0 Å². The fraction of sp³-hybridized carbons (Fsp3) is 0.500. The molecule has 1 aliphatic rings. The molecule has 0 spiro atoms. The molecule has 2 rings (SSSR count). The molecule has 7 heteroatoms. The smallest absolute Gasteiger partial charge is 0.311 e. The monoisotopic (exact) mass is 338 g/mol. The summed E-state index contributed by atoms with van der Waals surface area (Å²) < 4.78 is 23.0. The van der Waals surface area contributed by atoms with E-state index in [1.54, 1.807) is 17.0 Å². The number of carbonyl (C=O) groups excluding carboxylic acids is 2. The highest BCUT2D eigenvalue weighted by atomic mass is 32.2. The van der Waals surface area contributed by atoms with Crippen LogP contribution < -0.4 is 5.32 Å². The second-order valence-corrected chi connectivity index (χ2v) is 7.79. The second-order valence-electron chi connectivity index (χ2n) is 5.77. The average molecular weight is 338 g/mol. The zero-order valence-electron chi connectivity index (χ0n) is 13.4. The number of nitrogens with one attached hydrogen (secondary N) is 1. The third-order valence-electron chi connectivity index (χ3n) is 4.01. The number of amides is 2. The van der Waals surface area contributed by atoms with Crippen LogP contribution in [0.5, 0.6) is 0 Å². The molecule has 1 heterocycles. The van der Waals surface area contributed by atoms with Crippen LogP contribution in [0, 0.1) is 0 Å². The average Bonchev–Trinajstić information content (AvgIpc) is 3.05. The zero-order chi connectivity index (χ0) is 17.0. The SMILES string of the molecule is CCC(NC(=O)C(=O)N1CCCC1)c1ccc(S(C)(=O)=O)cc1. The predicted molar refractivity (Wildman–Crippen MR) is 86.5 cm³/mol. The molecule has 0 bridgehead atoms. The Balaban J connectivity index is 2.07. The van der Waals surface area contributed by atoms with E-state index in [9.17, 15) is 18.0 Å². The van der Waals surface area contributed by atoms with E-state index in [1.165, 1.54) is 12.1 Å².